The molecule has 2 aromatic carbocycles. The predicted octanol–water partition coefficient (Wildman–Crippen LogP) is 3.82. The van der Waals surface area contributed by atoms with Gasteiger partial charge in [0.25, 0.3) is 5.91 Å². The lowest BCUT2D eigenvalue weighted by atomic mass is 9.98. The number of carbonyl (C=O) groups excluding carboxylic acids is 1. The Bertz CT molecular complexity index is 776. The first-order valence-electron chi connectivity index (χ1n) is 8.59. The van der Waals surface area contributed by atoms with Crippen LogP contribution in [0.25, 0.3) is 0 Å². The first kappa shape index (κ1) is 17.3. The molecular formula is C20H22FNO3. The molecule has 0 aromatic heterocycles. The van der Waals surface area contributed by atoms with E-state index in [1.54, 1.807) is 17.0 Å². The fourth-order valence-electron chi connectivity index (χ4n) is 3.08. The van der Waals surface area contributed by atoms with Crippen molar-refractivity contribution in [1.82, 2.24) is 4.90 Å². The molecule has 5 heteroatoms. The number of carbonyl (C=O) groups is 1. The Balaban J connectivity index is 1.86. The van der Waals surface area contributed by atoms with Crippen molar-refractivity contribution < 1.29 is 18.7 Å². The minimum absolute atomic E-state index is 0.113. The number of hydrogen-bond donors (Lipinski definition) is 0. The van der Waals surface area contributed by atoms with Gasteiger partial charge >= 0.3 is 0 Å². The van der Waals surface area contributed by atoms with Crippen LogP contribution in [0.3, 0.4) is 0 Å². The number of amides is 1. The quantitative estimate of drug-likeness (QED) is 0.828. The molecule has 3 rings (SSSR count). The Hall–Kier alpha value is -2.56. The Morgan fingerprint density at radius 1 is 1.08 bits per heavy atom. The van der Waals surface area contributed by atoms with Crippen LogP contribution < -0.4 is 9.47 Å². The minimum atomic E-state index is -0.486. The smallest absolute Gasteiger partial charge is 0.257 e. The molecule has 0 radical (unpaired) electrons. The van der Waals surface area contributed by atoms with Crippen LogP contribution in [-0.4, -0.2) is 30.6 Å². The van der Waals surface area contributed by atoms with E-state index >= 15 is 0 Å². The summed E-state index contributed by atoms with van der Waals surface area (Å²) >= 11 is 0. The molecule has 1 heterocycles. The zero-order chi connectivity index (χ0) is 17.8. The molecule has 0 fully saturated rings. The summed E-state index contributed by atoms with van der Waals surface area (Å²) in [4.78, 5) is 14.3. The maximum Gasteiger partial charge on any atom is 0.257 e. The molecule has 0 saturated heterocycles. The number of nitrogens with zero attached hydrogens (tertiary/aromatic N) is 1. The highest BCUT2D eigenvalue weighted by atomic mass is 19.1. The summed E-state index contributed by atoms with van der Waals surface area (Å²) in [6.45, 7) is 5.95. The summed E-state index contributed by atoms with van der Waals surface area (Å²) in [5, 5.41) is 0. The number of ether oxygens (including phenoxy) is 2. The molecule has 0 saturated carbocycles. The highest BCUT2D eigenvalue weighted by Gasteiger charge is 2.25. The maximum absolute atomic E-state index is 13.9. The largest absolute Gasteiger partial charge is 0.490 e. The van der Waals surface area contributed by atoms with E-state index in [2.05, 4.69) is 0 Å². The summed E-state index contributed by atoms with van der Waals surface area (Å²) < 4.78 is 25.2. The Morgan fingerprint density at radius 3 is 2.36 bits per heavy atom. The van der Waals surface area contributed by atoms with Gasteiger partial charge < -0.3 is 14.4 Å². The van der Waals surface area contributed by atoms with Crippen LogP contribution in [0.15, 0.2) is 36.4 Å². The van der Waals surface area contributed by atoms with Gasteiger partial charge in [-0.25, -0.2) is 4.39 Å². The van der Waals surface area contributed by atoms with E-state index in [9.17, 15) is 9.18 Å². The van der Waals surface area contributed by atoms with Crippen LogP contribution in [-0.2, 0) is 13.0 Å². The standard InChI is InChI=1S/C20H22FNO3/c1-3-24-18-11-14-9-10-22(13-15(14)12-19(18)25-4-2)20(23)16-7-5-6-8-17(16)21/h5-8,11-12H,3-4,9-10,13H2,1-2H3. The predicted molar refractivity (Wildman–Crippen MR) is 93.6 cm³/mol. The van der Waals surface area contributed by atoms with Crippen molar-refractivity contribution in [2.75, 3.05) is 19.8 Å². The second kappa shape index (κ2) is 7.55. The molecule has 1 amide bonds. The molecule has 0 aliphatic carbocycles. The SMILES string of the molecule is CCOc1cc2c(cc1OCC)CN(C(=O)c1ccccc1F)CC2. The second-order valence-electron chi connectivity index (χ2n) is 5.89. The van der Waals surface area contributed by atoms with E-state index < -0.39 is 5.82 Å². The van der Waals surface area contributed by atoms with Gasteiger partial charge in [0.05, 0.1) is 18.8 Å². The summed E-state index contributed by atoms with van der Waals surface area (Å²) in [7, 11) is 0. The molecule has 25 heavy (non-hydrogen) atoms. The second-order valence-corrected chi connectivity index (χ2v) is 5.89. The van der Waals surface area contributed by atoms with Gasteiger partial charge in [0.2, 0.25) is 0 Å². The van der Waals surface area contributed by atoms with Gasteiger partial charge in [0, 0.05) is 13.1 Å². The van der Waals surface area contributed by atoms with Gasteiger partial charge in [-0.1, -0.05) is 12.1 Å². The van der Waals surface area contributed by atoms with E-state index in [0.717, 1.165) is 16.9 Å². The fraction of sp³-hybridized carbons (Fsp3) is 0.350. The van der Waals surface area contributed by atoms with E-state index in [4.69, 9.17) is 9.47 Å². The van der Waals surface area contributed by atoms with Crippen LogP contribution >= 0.6 is 0 Å². The van der Waals surface area contributed by atoms with Crippen LogP contribution in [0.2, 0.25) is 0 Å². The molecule has 0 spiro atoms. The number of hydrogen-bond acceptors (Lipinski definition) is 3. The molecule has 0 bridgehead atoms. The van der Waals surface area contributed by atoms with E-state index in [1.165, 1.54) is 12.1 Å². The lowest BCUT2D eigenvalue weighted by Crippen LogP contribution is -2.36. The number of rotatable bonds is 5. The monoisotopic (exact) mass is 343 g/mol. The third kappa shape index (κ3) is 3.60. The third-order valence-electron chi connectivity index (χ3n) is 4.27. The van der Waals surface area contributed by atoms with E-state index in [-0.39, 0.29) is 11.5 Å². The van der Waals surface area contributed by atoms with Crippen molar-refractivity contribution in [3.8, 4) is 11.5 Å². The zero-order valence-electron chi connectivity index (χ0n) is 14.5. The third-order valence-corrected chi connectivity index (χ3v) is 4.27. The summed E-state index contributed by atoms with van der Waals surface area (Å²) in [5.41, 5.74) is 2.27. The lowest BCUT2D eigenvalue weighted by Gasteiger charge is -2.30. The molecule has 1 aliphatic heterocycles. The number of halogens is 1. The van der Waals surface area contributed by atoms with Crippen molar-refractivity contribution in [2.45, 2.75) is 26.8 Å². The normalized spacial score (nSPS) is 13.3. The van der Waals surface area contributed by atoms with Crippen molar-refractivity contribution in [1.29, 1.82) is 0 Å². The molecule has 2 aromatic rings. The highest BCUT2D eigenvalue weighted by Crippen LogP contribution is 2.34. The zero-order valence-corrected chi connectivity index (χ0v) is 14.5. The average molecular weight is 343 g/mol. The van der Waals surface area contributed by atoms with Crippen molar-refractivity contribution >= 4 is 5.91 Å². The Morgan fingerprint density at radius 2 is 1.72 bits per heavy atom. The van der Waals surface area contributed by atoms with Gasteiger partial charge in [0.15, 0.2) is 11.5 Å². The number of fused-ring (bicyclic) bond motifs is 1. The first-order chi connectivity index (χ1) is 12.1. The molecule has 0 N–H and O–H groups in total. The fourth-order valence-corrected chi connectivity index (χ4v) is 3.08. The molecule has 1 aliphatic rings. The van der Waals surface area contributed by atoms with Gasteiger partial charge in [-0.3, -0.25) is 4.79 Å². The van der Waals surface area contributed by atoms with E-state index in [1.807, 2.05) is 26.0 Å². The van der Waals surface area contributed by atoms with Crippen LogP contribution in [0.1, 0.15) is 35.3 Å². The lowest BCUT2D eigenvalue weighted by molar-refractivity contribution is 0.0729. The van der Waals surface area contributed by atoms with Crippen molar-refractivity contribution in [3.63, 3.8) is 0 Å². The van der Waals surface area contributed by atoms with Gasteiger partial charge in [-0.2, -0.15) is 0 Å². The van der Waals surface area contributed by atoms with Crippen molar-refractivity contribution in [2.24, 2.45) is 0 Å². The summed E-state index contributed by atoms with van der Waals surface area (Å²) in [6, 6.07) is 10.0. The van der Waals surface area contributed by atoms with Crippen LogP contribution in [0, 0.1) is 5.82 Å². The van der Waals surface area contributed by atoms with Gasteiger partial charge in [0.1, 0.15) is 5.82 Å². The molecule has 4 nitrogen and oxygen atoms in total. The highest BCUT2D eigenvalue weighted by molar-refractivity contribution is 5.94. The average Bonchev–Trinajstić information content (AvgIpc) is 2.62. The Kier molecular flexibility index (Phi) is 5.22. The molecule has 0 unspecified atom stereocenters. The minimum Gasteiger partial charge on any atom is -0.490 e. The van der Waals surface area contributed by atoms with Crippen LogP contribution in [0.5, 0.6) is 11.5 Å². The van der Waals surface area contributed by atoms with Gasteiger partial charge in [-0.15, -0.1) is 0 Å². The molecule has 132 valence electrons. The molecular weight excluding hydrogens is 321 g/mol. The van der Waals surface area contributed by atoms with Crippen LogP contribution in [0.4, 0.5) is 4.39 Å². The number of benzene rings is 2. The maximum atomic E-state index is 13.9. The Labute approximate surface area is 147 Å². The van der Waals surface area contributed by atoms with Crippen molar-refractivity contribution in [3.05, 3.63) is 58.9 Å². The summed E-state index contributed by atoms with van der Waals surface area (Å²) in [5.74, 6) is 0.649. The van der Waals surface area contributed by atoms with Gasteiger partial charge in [-0.05, 0) is 55.7 Å². The topological polar surface area (TPSA) is 38.8 Å². The first-order valence-corrected chi connectivity index (χ1v) is 8.59. The molecule has 0 atom stereocenters. The summed E-state index contributed by atoms with van der Waals surface area (Å²) in [6.07, 6.45) is 0.710. The van der Waals surface area contributed by atoms with E-state index in [0.29, 0.717) is 38.5 Å².